The van der Waals surface area contributed by atoms with Gasteiger partial charge in [-0.1, -0.05) is 30.8 Å². The normalized spacial score (nSPS) is 15.9. The van der Waals surface area contributed by atoms with Crippen LogP contribution in [-0.2, 0) is 17.6 Å². The molecule has 1 atom stereocenters. The Morgan fingerprint density at radius 3 is 2.90 bits per heavy atom. The zero-order valence-electron chi connectivity index (χ0n) is 18.9. The molecule has 1 unspecified atom stereocenters. The lowest BCUT2D eigenvalue weighted by atomic mass is 9.88. The smallest absolute Gasteiger partial charge is 0.234 e. The molecule has 1 N–H and O–H groups in total. The first kappa shape index (κ1) is 22.1. The first-order valence-electron chi connectivity index (χ1n) is 10.9. The van der Waals surface area contributed by atoms with Crippen LogP contribution in [0.3, 0.4) is 0 Å². The van der Waals surface area contributed by atoms with Crippen LogP contribution in [0.4, 0.5) is 5.69 Å². The van der Waals surface area contributed by atoms with Crippen molar-refractivity contribution in [3.8, 4) is 11.4 Å². The molecule has 164 valence electrons. The molecule has 1 aliphatic rings. The van der Waals surface area contributed by atoms with Crippen molar-refractivity contribution < 1.29 is 4.79 Å². The fourth-order valence-corrected chi connectivity index (χ4v) is 6.19. The van der Waals surface area contributed by atoms with Crippen LogP contribution >= 0.6 is 23.1 Å². The van der Waals surface area contributed by atoms with Gasteiger partial charge in [-0.2, -0.15) is 0 Å². The zero-order chi connectivity index (χ0) is 22.1. The second-order valence-electron chi connectivity index (χ2n) is 8.82. The van der Waals surface area contributed by atoms with Crippen molar-refractivity contribution in [2.75, 3.05) is 11.1 Å². The molecule has 1 aromatic carbocycles. The van der Waals surface area contributed by atoms with E-state index in [1.54, 1.807) is 0 Å². The summed E-state index contributed by atoms with van der Waals surface area (Å²) in [4.78, 5) is 14.1. The van der Waals surface area contributed by atoms with Gasteiger partial charge >= 0.3 is 0 Å². The number of hydrogen-bond donors (Lipinski definition) is 1. The standard InChI is InChI=1S/C24H30N4OS2/c1-14(2)28-23(19-12-30-21-11-16(4)7-9-18(19)21)26-27-24(28)31-13-22(29)25-20-10-15(3)6-8-17(20)5/h6,8,10,12,14,16H,7,9,11,13H2,1-5H3,(H,25,29). The molecule has 0 spiro atoms. The molecule has 0 fully saturated rings. The second kappa shape index (κ2) is 9.17. The lowest BCUT2D eigenvalue weighted by molar-refractivity contribution is -0.113. The SMILES string of the molecule is Cc1ccc(C)c(NC(=O)CSc2nnc(-c3csc4c3CCC(C)C4)n2C(C)C)c1. The Morgan fingerprint density at radius 1 is 1.32 bits per heavy atom. The molecule has 7 heteroatoms. The third-order valence-corrected chi connectivity index (χ3v) is 7.82. The van der Waals surface area contributed by atoms with E-state index >= 15 is 0 Å². The molecule has 3 aromatic rings. The predicted octanol–water partition coefficient (Wildman–Crippen LogP) is 6.06. The van der Waals surface area contributed by atoms with Crippen LogP contribution in [0.25, 0.3) is 11.4 Å². The number of thioether (sulfide) groups is 1. The Bertz CT molecular complexity index is 1100. The Labute approximate surface area is 192 Å². The second-order valence-corrected chi connectivity index (χ2v) is 10.7. The van der Waals surface area contributed by atoms with Gasteiger partial charge in [-0.15, -0.1) is 21.5 Å². The van der Waals surface area contributed by atoms with Gasteiger partial charge in [0.05, 0.1) is 5.75 Å². The van der Waals surface area contributed by atoms with Gasteiger partial charge in [0.2, 0.25) is 5.91 Å². The van der Waals surface area contributed by atoms with Crippen LogP contribution in [0.15, 0.2) is 28.7 Å². The van der Waals surface area contributed by atoms with Gasteiger partial charge in [0.1, 0.15) is 0 Å². The average molecular weight is 455 g/mol. The summed E-state index contributed by atoms with van der Waals surface area (Å²) in [5, 5.41) is 15.1. The van der Waals surface area contributed by atoms with Gasteiger partial charge in [-0.3, -0.25) is 9.36 Å². The number of thiophene rings is 1. The summed E-state index contributed by atoms with van der Waals surface area (Å²) in [6.07, 6.45) is 3.50. The molecule has 1 aliphatic carbocycles. The molecule has 0 aliphatic heterocycles. The van der Waals surface area contributed by atoms with Crippen molar-refractivity contribution >= 4 is 34.7 Å². The Hall–Kier alpha value is -2.12. The highest BCUT2D eigenvalue weighted by molar-refractivity contribution is 7.99. The summed E-state index contributed by atoms with van der Waals surface area (Å²) in [5.41, 5.74) is 5.73. The zero-order valence-corrected chi connectivity index (χ0v) is 20.5. The van der Waals surface area contributed by atoms with E-state index in [0.717, 1.165) is 46.6 Å². The number of nitrogens with one attached hydrogen (secondary N) is 1. The monoisotopic (exact) mass is 454 g/mol. The maximum absolute atomic E-state index is 12.6. The minimum absolute atomic E-state index is 0.0274. The summed E-state index contributed by atoms with van der Waals surface area (Å²) in [6, 6.07) is 6.30. The molecule has 31 heavy (non-hydrogen) atoms. The molecule has 1 amide bonds. The maximum atomic E-state index is 12.6. The quantitative estimate of drug-likeness (QED) is 0.460. The van der Waals surface area contributed by atoms with Crippen LogP contribution in [0.5, 0.6) is 0 Å². The highest BCUT2D eigenvalue weighted by Gasteiger charge is 2.25. The molecule has 2 aromatic heterocycles. The number of hydrogen-bond acceptors (Lipinski definition) is 5. The molecular weight excluding hydrogens is 424 g/mol. The van der Waals surface area contributed by atoms with E-state index in [2.05, 4.69) is 52.3 Å². The molecule has 0 saturated carbocycles. The van der Waals surface area contributed by atoms with E-state index in [4.69, 9.17) is 0 Å². The minimum Gasteiger partial charge on any atom is -0.325 e. The van der Waals surface area contributed by atoms with E-state index in [9.17, 15) is 4.79 Å². The van der Waals surface area contributed by atoms with Gasteiger partial charge in [-0.05, 0) is 75.6 Å². The largest absolute Gasteiger partial charge is 0.325 e. The van der Waals surface area contributed by atoms with E-state index in [0.29, 0.717) is 5.75 Å². The van der Waals surface area contributed by atoms with Gasteiger partial charge in [0, 0.05) is 27.5 Å². The highest BCUT2D eigenvalue weighted by atomic mass is 32.2. The van der Waals surface area contributed by atoms with Crippen molar-refractivity contribution in [2.45, 2.75) is 65.1 Å². The third kappa shape index (κ3) is 4.72. The predicted molar refractivity (Wildman–Crippen MR) is 130 cm³/mol. The molecule has 0 bridgehead atoms. The lowest BCUT2D eigenvalue weighted by Crippen LogP contribution is -2.16. The van der Waals surface area contributed by atoms with E-state index in [1.807, 2.05) is 37.3 Å². The number of rotatable bonds is 6. The van der Waals surface area contributed by atoms with Crippen molar-refractivity contribution in [1.29, 1.82) is 0 Å². The van der Waals surface area contributed by atoms with Gasteiger partial charge in [-0.25, -0.2) is 0 Å². The molecule has 0 radical (unpaired) electrons. The van der Waals surface area contributed by atoms with Crippen molar-refractivity contribution in [2.24, 2.45) is 5.92 Å². The summed E-state index contributed by atoms with van der Waals surface area (Å²) < 4.78 is 2.18. The fourth-order valence-electron chi connectivity index (χ4n) is 4.08. The van der Waals surface area contributed by atoms with Gasteiger partial charge in [0.25, 0.3) is 0 Å². The first-order valence-corrected chi connectivity index (χ1v) is 12.7. The van der Waals surface area contributed by atoms with Crippen LogP contribution in [0.1, 0.15) is 54.8 Å². The number of carbonyl (C=O) groups is 1. The van der Waals surface area contributed by atoms with Crippen LogP contribution in [0.2, 0.25) is 0 Å². The number of anilines is 1. The fraction of sp³-hybridized carbons (Fsp3) is 0.458. The molecule has 2 heterocycles. The number of aryl methyl sites for hydroxylation is 2. The van der Waals surface area contributed by atoms with Crippen LogP contribution in [0, 0.1) is 19.8 Å². The third-order valence-electron chi connectivity index (χ3n) is 5.82. The van der Waals surface area contributed by atoms with E-state index in [-0.39, 0.29) is 11.9 Å². The number of aromatic nitrogens is 3. The minimum atomic E-state index is -0.0274. The van der Waals surface area contributed by atoms with E-state index in [1.165, 1.54) is 34.2 Å². The Balaban J connectivity index is 1.52. The maximum Gasteiger partial charge on any atom is 0.234 e. The summed E-state index contributed by atoms with van der Waals surface area (Å²) in [7, 11) is 0. The molecule has 5 nitrogen and oxygen atoms in total. The van der Waals surface area contributed by atoms with Crippen LogP contribution in [-0.4, -0.2) is 26.4 Å². The van der Waals surface area contributed by atoms with Gasteiger partial charge in [0.15, 0.2) is 11.0 Å². The number of amides is 1. The summed E-state index contributed by atoms with van der Waals surface area (Å²) in [5.74, 6) is 1.96. The number of fused-ring (bicyclic) bond motifs is 1. The van der Waals surface area contributed by atoms with E-state index < -0.39 is 0 Å². The first-order chi connectivity index (χ1) is 14.8. The number of nitrogens with zero attached hydrogens (tertiary/aromatic N) is 3. The molecule has 0 saturated heterocycles. The van der Waals surface area contributed by atoms with Crippen LogP contribution < -0.4 is 5.32 Å². The molecule has 4 rings (SSSR count). The topological polar surface area (TPSA) is 59.8 Å². The highest BCUT2D eigenvalue weighted by Crippen LogP contribution is 2.39. The summed E-state index contributed by atoms with van der Waals surface area (Å²) >= 11 is 3.30. The Kier molecular flexibility index (Phi) is 6.53. The summed E-state index contributed by atoms with van der Waals surface area (Å²) in [6.45, 7) is 10.7. The van der Waals surface area contributed by atoms with Crippen molar-refractivity contribution in [3.63, 3.8) is 0 Å². The van der Waals surface area contributed by atoms with Crippen molar-refractivity contribution in [3.05, 3.63) is 45.1 Å². The molecular formula is C24H30N4OS2. The number of benzene rings is 1. The van der Waals surface area contributed by atoms with Gasteiger partial charge < -0.3 is 5.32 Å². The van der Waals surface area contributed by atoms with Crippen molar-refractivity contribution in [1.82, 2.24) is 14.8 Å². The Morgan fingerprint density at radius 2 is 2.13 bits per heavy atom. The number of carbonyl (C=O) groups excluding carboxylic acids is 1. The lowest BCUT2D eigenvalue weighted by Gasteiger charge is -2.19. The average Bonchev–Trinajstić information content (AvgIpc) is 3.32.